The summed E-state index contributed by atoms with van der Waals surface area (Å²) in [4.78, 5) is 45.6. The van der Waals surface area contributed by atoms with Crippen LogP contribution in [0.2, 0.25) is 5.02 Å². The maximum atomic E-state index is 13.8. The van der Waals surface area contributed by atoms with E-state index in [-0.39, 0.29) is 37.0 Å². The third-order valence-corrected chi connectivity index (χ3v) is 6.08. The molecule has 8 nitrogen and oxygen atoms in total. The highest BCUT2D eigenvalue weighted by atomic mass is 35.5. The lowest BCUT2D eigenvalue weighted by Gasteiger charge is -2.35. The summed E-state index contributed by atoms with van der Waals surface area (Å²) in [5.74, 6) is -0.0524. The fourth-order valence-electron chi connectivity index (χ4n) is 4.25. The molecule has 202 valence electrons. The molecule has 3 aromatic rings. The maximum Gasteiger partial charge on any atom is 0.407 e. The van der Waals surface area contributed by atoms with Gasteiger partial charge in [-0.15, -0.1) is 0 Å². The number of aromatic nitrogens is 2. The highest BCUT2D eigenvalue weighted by molar-refractivity contribution is 6.31. The third kappa shape index (κ3) is 7.22. The van der Waals surface area contributed by atoms with Gasteiger partial charge in [-0.05, 0) is 56.5 Å². The number of benzene rings is 2. The molecule has 0 unspecified atom stereocenters. The fraction of sp³-hybridized carbons (Fsp3) is 0.379. The Labute approximate surface area is 228 Å². The summed E-state index contributed by atoms with van der Waals surface area (Å²) in [6, 6.07) is 14.0. The van der Waals surface area contributed by atoms with Crippen LogP contribution >= 0.6 is 11.6 Å². The van der Waals surface area contributed by atoms with Crippen LogP contribution in [0.3, 0.4) is 0 Å². The molecule has 0 saturated carbocycles. The molecular weight excluding hydrogens is 504 g/mol. The van der Waals surface area contributed by atoms with Crippen LogP contribution in [0.5, 0.6) is 0 Å². The number of alkyl carbamates (subject to hydrolysis) is 1. The molecule has 2 amide bonds. The van der Waals surface area contributed by atoms with E-state index in [2.05, 4.69) is 11.9 Å². The number of nitrogens with one attached hydrogen (secondary N) is 1. The van der Waals surface area contributed by atoms with Crippen molar-refractivity contribution in [2.45, 2.75) is 52.8 Å². The lowest BCUT2D eigenvalue weighted by molar-refractivity contribution is -0.129. The van der Waals surface area contributed by atoms with E-state index >= 15 is 0 Å². The highest BCUT2D eigenvalue weighted by Gasteiger charge is 2.31. The van der Waals surface area contributed by atoms with E-state index < -0.39 is 17.7 Å². The number of hydrogen-bond donors (Lipinski definition) is 1. The Morgan fingerprint density at radius 3 is 2.47 bits per heavy atom. The Hall–Kier alpha value is -3.65. The molecule has 0 fully saturated rings. The maximum absolute atomic E-state index is 13.8. The zero-order valence-electron chi connectivity index (χ0n) is 22.5. The summed E-state index contributed by atoms with van der Waals surface area (Å²) in [6.45, 7) is 13.5. The quantitative estimate of drug-likeness (QED) is 0.371. The van der Waals surface area contributed by atoms with Gasteiger partial charge in [0.1, 0.15) is 11.4 Å². The number of carbonyl (C=O) groups is 2. The van der Waals surface area contributed by atoms with Gasteiger partial charge in [-0.25, -0.2) is 9.78 Å². The monoisotopic (exact) mass is 538 g/mol. The van der Waals surface area contributed by atoms with E-state index in [1.807, 2.05) is 44.2 Å². The molecule has 1 heterocycles. The van der Waals surface area contributed by atoms with Crippen LogP contribution < -0.4 is 10.9 Å². The molecule has 0 aliphatic rings. The molecule has 0 radical (unpaired) electrons. The van der Waals surface area contributed by atoms with Gasteiger partial charge in [0.05, 0.1) is 23.5 Å². The van der Waals surface area contributed by atoms with E-state index in [9.17, 15) is 14.4 Å². The molecule has 0 aliphatic carbocycles. The topological polar surface area (TPSA) is 93.5 Å². The average Bonchev–Trinajstić information content (AvgIpc) is 2.84. The van der Waals surface area contributed by atoms with Gasteiger partial charge >= 0.3 is 6.09 Å². The van der Waals surface area contributed by atoms with Crippen LogP contribution in [0.25, 0.3) is 10.9 Å². The van der Waals surface area contributed by atoms with Gasteiger partial charge < -0.3 is 15.0 Å². The Morgan fingerprint density at radius 1 is 1.18 bits per heavy atom. The Kier molecular flexibility index (Phi) is 9.33. The van der Waals surface area contributed by atoms with Crippen molar-refractivity contribution in [1.29, 1.82) is 0 Å². The SMILES string of the molecule is C=CC(=O)N(CCNC(=O)OC(C)(C)C)[C@@H](c1nc2cc(Cl)ccc2c(=O)n1Cc1ccccc1)C(C)C. The summed E-state index contributed by atoms with van der Waals surface area (Å²) >= 11 is 6.24. The van der Waals surface area contributed by atoms with Gasteiger partial charge in [-0.1, -0.05) is 62.4 Å². The first-order chi connectivity index (χ1) is 17.9. The molecule has 38 heavy (non-hydrogen) atoms. The first-order valence-corrected chi connectivity index (χ1v) is 12.9. The number of carbonyl (C=O) groups excluding carboxylic acids is 2. The normalized spacial score (nSPS) is 12.3. The summed E-state index contributed by atoms with van der Waals surface area (Å²) in [5, 5.41) is 3.59. The minimum absolute atomic E-state index is 0.133. The molecule has 0 spiro atoms. The number of hydrogen-bond acceptors (Lipinski definition) is 5. The van der Waals surface area contributed by atoms with Crippen LogP contribution in [0.15, 0.2) is 66.0 Å². The highest BCUT2D eigenvalue weighted by Crippen LogP contribution is 2.29. The molecule has 0 bridgehead atoms. The fourth-order valence-corrected chi connectivity index (χ4v) is 4.42. The standard InChI is InChI=1S/C29H35ClN4O4/c1-7-24(35)33(16-15-31-28(37)38-29(4,5)6)25(19(2)3)26-32-23-17-21(30)13-14-22(23)27(36)34(26)18-20-11-9-8-10-12-20/h7-14,17,19,25H,1,15-16,18H2,2-6H3,(H,31,37)/t25-/m1/s1. The van der Waals surface area contributed by atoms with Crippen LogP contribution in [0, 0.1) is 5.92 Å². The van der Waals surface area contributed by atoms with E-state index in [0.717, 1.165) is 5.56 Å². The first kappa shape index (κ1) is 28.9. The molecular formula is C29H35ClN4O4. The number of ether oxygens (including phenoxy) is 1. The van der Waals surface area contributed by atoms with Crippen molar-refractivity contribution in [2.24, 2.45) is 5.92 Å². The number of rotatable bonds is 9. The van der Waals surface area contributed by atoms with Crippen LogP contribution in [0.1, 0.15) is 52.0 Å². The van der Waals surface area contributed by atoms with Crippen LogP contribution in [-0.4, -0.2) is 45.1 Å². The van der Waals surface area contributed by atoms with Gasteiger partial charge in [-0.2, -0.15) is 0 Å². The summed E-state index contributed by atoms with van der Waals surface area (Å²) in [7, 11) is 0. The molecule has 2 aromatic carbocycles. The molecule has 0 aliphatic heterocycles. The van der Waals surface area contributed by atoms with Crippen molar-refractivity contribution in [2.75, 3.05) is 13.1 Å². The van der Waals surface area contributed by atoms with Crippen molar-refractivity contribution in [3.8, 4) is 0 Å². The van der Waals surface area contributed by atoms with Crippen molar-refractivity contribution >= 4 is 34.5 Å². The summed E-state index contributed by atoms with van der Waals surface area (Å²) < 4.78 is 6.93. The van der Waals surface area contributed by atoms with Crippen molar-refractivity contribution < 1.29 is 14.3 Å². The molecule has 3 rings (SSSR count). The van der Waals surface area contributed by atoms with Gasteiger partial charge in [0.25, 0.3) is 5.56 Å². The van der Waals surface area contributed by atoms with E-state index in [1.54, 1.807) is 48.4 Å². The van der Waals surface area contributed by atoms with Crippen LogP contribution in [0.4, 0.5) is 4.79 Å². The van der Waals surface area contributed by atoms with E-state index in [0.29, 0.717) is 21.7 Å². The van der Waals surface area contributed by atoms with Crippen molar-refractivity contribution in [3.63, 3.8) is 0 Å². The first-order valence-electron chi connectivity index (χ1n) is 12.5. The minimum atomic E-state index is -0.648. The largest absolute Gasteiger partial charge is 0.444 e. The average molecular weight is 539 g/mol. The van der Waals surface area contributed by atoms with Gasteiger partial charge in [0.15, 0.2) is 0 Å². The molecule has 1 N–H and O–H groups in total. The predicted octanol–water partition coefficient (Wildman–Crippen LogP) is 5.33. The Balaban J connectivity index is 2.10. The number of amides is 2. The van der Waals surface area contributed by atoms with E-state index in [1.165, 1.54) is 6.08 Å². The molecule has 0 saturated heterocycles. The summed E-state index contributed by atoms with van der Waals surface area (Å²) in [6.07, 6.45) is 0.643. The summed E-state index contributed by atoms with van der Waals surface area (Å²) in [5.41, 5.74) is 0.492. The number of fused-ring (bicyclic) bond motifs is 1. The van der Waals surface area contributed by atoms with E-state index in [4.69, 9.17) is 21.3 Å². The van der Waals surface area contributed by atoms with Gasteiger partial charge in [-0.3, -0.25) is 14.2 Å². The van der Waals surface area contributed by atoms with Gasteiger partial charge in [0, 0.05) is 18.1 Å². The smallest absolute Gasteiger partial charge is 0.407 e. The second kappa shape index (κ2) is 12.3. The second-order valence-corrected chi connectivity index (χ2v) is 10.8. The molecule has 1 aromatic heterocycles. The lowest BCUT2D eigenvalue weighted by atomic mass is 10.00. The third-order valence-electron chi connectivity index (χ3n) is 5.84. The van der Waals surface area contributed by atoms with Crippen molar-refractivity contribution in [3.05, 3.63) is 88.0 Å². The molecule has 1 atom stereocenters. The zero-order chi connectivity index (χ0) is 28.0. The number of nitrogens with zero attached hydrogens (tertiary/aromatic N) is 3. The zero-order valence-corrected chi connectivity index (χ0v) is 23.3. The predicted molar refractivity (Wildman–Crippen MR) is 150 cm³/mol. The van der Waals surface area contributed by atoms with Gasteiger partial charge in [0.2, 0.25) is 5.91 Å². The minimum Gasteiger partial charge on any atom is -0.444 e. The Morgan fingerprint density at radius 2 is 1.87 bits per heavy atom. The Bertz CT molecular complexity index is 1360. The van der Waals surface area contributed by atoms with Crippen molar-refractivity contribution in [1.82, 2.24) is 19.8 Å². The lowest BCUT2D eigenvalue weighted by Crippen LogP contribution is -2.44. The molecule has 9 heteroatoms. The second-order valence-electron chi connectivity index (χ2n) is 10.4. The number of halogens is 1. The van der Waals surface area contributed by atoms with Crippen LogP contribution in [-0.2, 0) is 16.1 Å².